The number of nitrogens with zero attached hydrogens (tertiary/aromatic N) is 4. The molecule has 2 spiro atoms. The summed E-state index contributed by atoms with van der Waals surface area (Å²) >= 11 is 0. The highest BCUT2D eigenvalue weighted by Gasteiger charge is 2.52. The van der Waals surface area contributed by atoms with Gasteiger partial charge in [0, 0.05) is 49.4 Å². The van der Waals surface area contributed by atoms with Gasteiger partial charge in [0.15, 0.2) is 0 Å². The van der Waals surface area contributed by atoms with Gasteiger partial charge in [0.1, 0.15) is 22.7 Å². The Morgan fingerprint density at radius 1 is 0.487 bits per heavy atom. The van der Waals surface area contributed by atoms with Crippen LogP contribution < -0.4 is 20.4 Å². The average molecular weight is 1050 g/mol. The number of carbonyl (C=O) groups is 2. The lowest BCUT2D eigenvalue weighted by molar-refractivity contribution is -0.138. The molecular weight excluding hydrogens is 989 g/mol. The van der Waals surface area contributed by atoms with E-state index in [0.29, 0.717) is 90.1 Å². The van der Waals surface area contributed by atoms with Gasteiger partial charge in [-0.25, -0.2) is 8.78 Å². The molecule has 4 aliphatic heterocycles. The van der Waals surface area contributed by atoms with Gasteiger partial charge in [-0.05, 0) is 159 Å². The summed E-state index contributed by atoms with van der Waals surface area (Å²) in [4.78, 5) is 35.6. The number of para-hydroxylation sites is 1. The summed E-state index contributed by atoms with van der Waals surface area (Å²) in [6, 6.07) is 38.0. The Morgan fingerprint density at radius 2 is 0.961 bits per heavy atom. The van der Waals surface area contributed by atoms with Crippen molar-refractivity contribution in [1.82, 2.24) is 20.4 Å². The maximum Gasteiger partial charge on any atom is 0.417 e. The van der Waals surface area contributed by atoms with Crippen LogP contribution in [0.2, 0.25) is 0 Å². The third-order valence-electron chi connectivity index (χ3n) is 16.4. The second-order valence-electron chi connectivity index (χ2n) is 20.7. The summed E-state index contributed by atoms with van der Waals surface area (Å²) in [7, 11) is 0. The molecule has 1 atom stereocenters. The number of carbonyl (C=O) groups excluding carboxylic acids is 2. The van der Waals surface area contributed by atoms with Crippen molar-refractivity contribution in [3.8, 4) is 11.1 Å². The topological polar surface area (TPSA) is 71.2 Å². The Labute approximate surface area is 437 Å². The Balaban J connectivity index is 0.845. The fraction of sp³-hybridized carbons (Fsp3) is 0.367. The number of rotatable bonds is 15. The number of halogens is 8. The van der Waals surface area contributed by atoms with Crippen molar-refractivity contribution in [3.05, 3.63) is 191 Å². The fourth-order valence-corrected chi connectivity index (χ4v) is 12.3. The van der Waals surface area contributed by atoms with E-state index >= 15 is 13.2 Å². The standard InChI is InChI=1S/C60H60F8N6O2/c61-47-15-5-11-42(35-47)52(43-12-6-16-48(62)36-43)21-9-29-72-32-26-58(27-33-72)56(76)70-40-74(58)50-19-7-13-44(37-50)53-23-22-45(38-54(53)60(66,67)68)51(41-10-4-14-46(34-41)59(63,64)65)20-8-28-71-30-24-57(25-31-71)55(75)69-39-73(57)49-17-2-1-3-18-49/h1-7,10-19,22-23,34-38,51-52H,8-9,20-21,24-33,39-40H2,(H,69,75)(H,70,76). The number of nitrogens with one attached hydrogen (secondary N) is 2. The van der Waals surface area contributed by atoms with Crippen molar-refractivity contribution in [2.45, 2.75) is 86.6 Å². The van der Waals surface area contributed by atoms with Gasteiger partial charge in [-0.3, -0.25) is 9.59 Å². The number of likely N-dealkylation sites (tertiary alicyclic amines) is 2. The largest absolute Gasteiger partial charge is 0.417 e. The summed E-state index contributed by atoms with van der Waals surface area (Å²) in [5.41, 5.74) is 0.252. The van der Waals surface area contributed by atoms with Crippen molar-refractivity contribution in [1.29, 1.82) is 0 Å². The smallest absolute Gasteiger partial charge is 0.339 e. The molecule has 6 aromatic rings. The van der Waals surface area contributed by atoms with Crippen LogP contribution >= 0.6 is 0 Å². The van der Waals surface area contributed by atoms with Crippen LogP contribution in [0.5, 0.6) is 0 Å². The highest BCUT2D eigenvalue weighted by Crippen LogP contribution is 2.45. The minimum atomic E-state index is -4.84. The van der Waals surface area contributed by atoms with Crippen molar-refractivity contribution in [3.63, 3.8) is 0 Å². The molecule has 1 unspecified atom stereocenters. The Morgan fingerprint density at radius 3 is 1.47 bits per heavy atom. The van der Waals surface area contributed by atoms with E-state index in [-0.39, 0.29) is 64.7 Å². The predicted molar refractivity (Wildman–Crippen MR) is 278 cm³/mol. The number of piperidine rings is 2. The van der Waals surface area contributed by atoms with E-state index in [1.165, 1.54) is 42.5 Å². The summed E-state index contributed by atoms with van der Waals surface area (Å²) in [6.07, 6.45) is -5.34. The van der Waals surface area contributed by atoms with Gasteiger partial charge in [0.2, 0.25) is 11.8 Å². The number of benzene rings is 6. The lowest BCUT2D eigenvalue weighted by atomic mass is 9.83. The molecule has 10 rings (SSSR count). The van der Waals surface area contributed by atoms with Gasteiger partial charge in [-0.1, -0.05) is 84.9 Å². The quantitative estimate of drug-likeness (QED) is 0.0999. The summed E-state index contributed by atoms with van der Waals surface area (Å²) in [5, 5.41) is 5.99. The number of amides is 2. The molecular formula is C60H60F8N6O2. The highest BCUT2D eigenvalue weighted by molar-refractivity contribution is 5.94. The van der Waals surface area contributed by atoms with Crippen LogP contribution in [0.25, 0.3) is 11.1 Å². The van der Waals surface area contributed by atoms with E-state index in [9.17, 15) is 31.5 Å². The summed E-state index contributed by atoms with van der Waals surface area (Å²) < 4.78 is 117. The summed E-state index contributed by atoms with van der Waals surface area (Å²) in [6.45, 7) is 4.13. The van der Waals surface area contributed by atoms with E-state index in [1.54, 1.807) is 42.5 Å². The molecule has 0 bridgehead atoms. The van der Waals surface area contributed by atoms with Crippen molar-refractivity contribution < 1.29 is 44.7 Å². The number of hydrogen-bond donors (Lipinski definition) is 2. The first-order valence-electron chi connectivity index (χ1n) is 26.1. The zero-order chi connectivity index (χ0) is 53.2. The molecule has 76 heavy (non-hydrogen) atoms. The van der Waals surface area contributed by atoms with E-state index < -0.39 is 40.5 Å². The number of anilines is 2. The van der Waals surface area contributed by atoms with E-state index in [2.05, 4.69) is 25.3 Å². The molecule has 0 aromatic heterocycles. The van der Waals surface area contributed by atoms with Crippen LogP contribution in [0.4, 0.5) is 46.5 Å². The maximum atomic E-state index is 15.4. The van der Waals surface area contributed by atoms with Crippen LogP contribution in [-0.2, 0) is 21.9 Å². The average Bonchev–Trinajstić information content (AvgIpc) is 3.95. The maximum absolute atomic E-state index is 15.4. The first-order valence-corrected chi connectivity index (χ1v) is 26.1. The minimum absolute atomic E-state index is 0.0251. The SMILES string of the molecule is O=C1NCN(c2ccccc2)C12CCN(CCCC(c1cccc(C(F)(F)F)c1)c1ccc(-c3cccc(N4CNC(=O)C45CCN(CCCC(c4cccc(F)c4)c4cccc(F)c4)CC5)c3)c(C(F)(F)F)c1)CC2. The molecule has 16 heteroatoms. The molecule has 4 aliphatic rings. The summed E-state index contributed by atoms with van der Waals surface area (Å²) in [5.74, 6) is -1.94. The van der Waals surface area contributed by atoms with E-state index in [1.807, 2.05) is 47.4 Å². The first-order chi connectivity index (χ1) is 36.5. The van der Waals surface area contributed by atoms with Crippen molar-refractivity contribution in [2.75, 3.05) is 62.4 Å². The van der Waals surface area contributed by atoms with E-state index in [0.717, 1.165) is 41.4 Å². The van der Waals surface area contributed by atoms with Crippen molar-refractivity contribution >= 4 is 23.2 Å². The zero-order valence-corrected chi connectivity index (χ0v) is 42.0. The lowest BCUT2D eigenvalue weighted by Crippen LogP contribution is -2.56. The van der Waals surface area contributed by atoms with Crippen LogP contribution in [0.3, 0.4) is 0 Å². The molecule has 4 heterocycles. The van der Waals surface area contributed by atoms with Crippen LogP contribution in [-0.4, -0.2) is 85.3 Å². The first kappa shape index (κ1) is 52.7. The van der Waals surface area contributed by atoms with E-state index in [4.69, 9.17) is 0 Å². The van der Waals surface area contributed by atoms with Crippen LogP contribution in [0.15, 0.2) is 146 Å². The molecule has 4 fully saturated rings. The molecule has 0 aliphatic carbocycles. The van der Waals surface area contributed by atoms with Gasteiger partial charge < -0.3 is 30.2 Å². The van der Waals surface area contributed by atoms with Crippen molar-refractivity contribution in [2.24, 2.45) is 0 Å². The molecule has 8 nitrogen and oxygen atoms in total. The Kier molecular flexibility index (Phi) is 15.0. The molecule has 0 radical (unpaired) electrons. The van der Waals surface area contributed by atoms with Gasteiger partial charge in [0.25, 0.3) is 0 Å². The number of hydrogen-bond acceptors (Lipinski definition) is 6. The van der Waals surface area contributed by atoms with Crippen LogP contribution in [0.1, 0.15) is 96.6 Å². The van der Waals surface area contributed by atoms with Gasteiger partial charge in [-0.2, -0.15) is 26.3 Å². The lowest BCUT2D eigenvalue weighted by Gasteiger charge is -2.43. The molecule has 4 saturated heterocycles. The molecule has 0 saturated carbocycles. The van der Waals surface area contributed by atoms with Gasteiger partial charge in [-0.15, -0.1) is 0 Å². The monoisotopic (exact) mass is 1050 g/mol. The second kappa shape index (κ2) is 21.7. The fourth-order valence-electron chi connectivity index (χ4n) is 12.3. The third kappa shape index (κ3) is 10.9. The Hall–Kier alpha value is -6.78. The van der Waals surface area contributed by atoms with Gasteiger partial charge in [0.05, 0.1) is 24.5 Å². The molecule has 6 aromatic carbocycles. The molecule has 2 amide bonds. The Bertz CT molecular complexity index is 2980. The molecule has 398 valence electrons. The normalized spacial score (nSPS) is 18.4. The van der Waals surface area contributed by atoms with Gasteiger partial charge >= 0.3 is 12.4 Å². The predicted octanol–water partition coefficient (Wildman–Crippen LogP) is 12.4. The molecule has 2 N–H and O–H groups in total. The number of alkyl halides is 6. The minimum Gasteiger partial charge on any atom is -0.339 e. The zero-order valence-electron chi connectivity index (χ0n) is 42.0. The highest BCUT2D eigenvalue weighted by atomic mass is 19.4. The van der Waals surface area contributed by atoms with Crippen LogP contribution in [0, 0.1) is 11.6 Å². The third-order valence-corrected chi connectivity index (χ3v) is 16.4. The second-order valence-corrected chi connectivity index (χ2v) is 20.7.